The summed E-state index contributed by atoms with van der Waals surface area (Å²) in [5, 5.41) is 8.09. The van der Waals surface area contributed by atoms with Crippen LogP contribution >= 0.6 is 11.3 Å². The minimum atomic E-state index is -3.66. The largest absolute Gasteiger partial charge is 0.354 e. The SMILES string of the molecule is CC(C(=O)NCCS(N)(=O)=O)c1nc2ccc(-c3ccc(C(=O)N4CCC(F)(F)C4)cc3)cc2s1. The van der Waals surface area contributed by atoms with Crippen molar-refractivity contribution in [2.24, 2.45) is 5.14 Å². The maximum absolute atomic E-state index is 13.4. The van der Waals surface area contributed by atoms with Crippen LogP contribution in [-0.4, -0.2) is 61.4 Å². The minimum absolute atomic E-state index is 0.0422. The standard InChI is InChI=1S/C23H24F2N4O4S2/c1-14(20(30)27-9-11-35(26,32)33)21-28-18-7-6-17(12-19(18)34-21)15-2-4-16(5-3-15)22(31)29-10-8-23(24,25)13-29/h2-7,12,14H,8-11,13H2,1H3,(H,27,30)(H2,26,32,33). The third-order valence-corrected chi connectivity index (χ3v) is 7.75. The summed E-state index contributed by atoms with van der Waals surface area (Å²) in [4.78, 5) is 30.6. The molecule has 1 aromatic heterocycles. The number of amides is 2. The highest BCUT2D eigenvalue weighted by molar-refractivity contribution is 7.89. The molecule has 1 saturated heterocycles. The molecular weight excluding hydrogens is 498 g/mol. The number of carbonyl (C=O) groups excluding carboxylic acids is 2. The molecule has 12 heteroatoms. The predicted molar refractivity (Wildman–Crippen MR) is 130 cm³/mol. The van der Waals surface area contributed by atoms with Crippen molar-refractivity contribution in [2.75, 3.05) is 25.4 Å². The Kier molecular flexibility index (Phi) is 6.89. The summed E-state index contributed by atoms with van der Waals surface area (Å²) < 4.78 is 49.8. The van der Waals surface area contributed by atoms with Crippen molar-refractivity contribution in [3.8, 4) is 11.1 Å². The van der Waals surface area contributed by atoms with Crippen LogP contribution in [-0.2, 0) is 14.8 Å². The Balaban J connectivity index is 1.46. The molecule has 0 aliphatic carbocycles. The van der Waals surface area contributed by atoms with Crippen LogP contribution in [0.1, 0.15) is 34.6 Å². The van der Waals surface area contributed by atoms with E-state index >= 15 is 0 Å². The average Bonchev–Trinajstić information content (AvgIpc) is 3.39. The number of nitrogens with two attached hydrogens (primary N) is 1. The molecule has 0 bridgehead atoms. The molecule has 0 spiro atoms. The van der Waals surface area contributed by atoms with E-state index in [0.29, 0.717) is 10.6 Å². The lowest BCUT2D eigenvalue weighted by Gasteiger charge is -2.16. The third-order valence-electron chi connectivity index (χ3n) is 5.78. The lowest BCUT2D eigenvalue weighted by Crippen LogP contribution is -2.33. The fraction of sp³-hybridized carbons (Fsp3) is 0.348. The first-order valence-electron chi connectivity index (χ1n) is 10.9. The molecule has 0 radical (unpaired) electrons. The number of sulfonamides is 1. The van der Waals surface area contributed by atoms with Crippen molar-refractivity contribution < 1.29 is 26.8 Å². The molecule has 1 aliphatic rings. The second-order valence-electron chi connectivity index (χ2n) is 8.52. The molecular formula is C23H24F2N4O4S2. The highest BCUT2D eigenvalue weighted by Gasteiger charge is 2.40. The van der Waals surface area contributed by atoms with E-state index in [1.165, 1.54) is 16.2 Å². The summed E-state index contributed by atoms with van der Waals surface area (Å²) in [6, 6.07) is 12.4. The average molecular weight is 523 g/mol. The van der Waals surface area contributed by atoms with Crippen molar-refractivity contribution >= 4 is 43.4 Å². The number of thiazole rings is 1. The van der Waals surface area contributed by atoms with E-state index in [0.717, 1.165) is 21.3 Å². The van der Waals surface area contributed by atoms with Crippen molar-refractivity contribution in [3.05, 3.63) is 53.0 Å². The van der Waals surface area contributed by atoms with Gasteiger partial charge in [0, 0.05) is 25.1 Å². The number of nitrogens with zero attached hydrogens (tertiary/aromatic N) is 2. The normalized spacial score (nSPS) is 16.4. The van der Waals surface area contributed by atoms with Gasteiger partial charge in [-0.05, 0) is 42.3 Å². The lowest BCUT2D eigenvalue weighted by atomic mass is 10.0. The Morgan fingerprint density at radius 2 is 1.89 bits per heavy atom. The summed E-state index contributed by atoms with van der Waals surface area (Å²) in [7, 11) is -3.66. The molecule has 35 heavy (non-hydrogen) atoms. The fourth-order valence-corrected chi connectivity index (χ4v) is 5.23. The van der Waals surface area contributed by atoms with Crippen LogP contribution in [0.4, 0.5) is 8.78 Å². The van der Waals surface area contributed by atoms with Crippen molar-refractivity contribution in [1.29, 1.82) is 0 Å². The number of halogens is 2. The van der Waals surface area contributed by atoms with E-state index < -0.39 is 34.3 Å². The summed E-state index contributed by atoms with van der Waals surface area (Å²) in [5.74, 6) is -4.50. The molecule has 1 unspecified atom stereocenters. The number of alkyl halides is 2. The van der Waals surface area contributed by atoms with Gasteiger partial charge in [-0.25, -0.2) is 27.3 Å². The molecule has 186 valence electrons. The summed E-state index contributed by atoms with van der Waals surface area (Å²) in [5.41, 5.74) is 2.80. The maximum atomic E-state index is 13.4. The van der Waals surface area contributed by atoms with E-state index in [1.807, 2.05) is 18.2 Å². The molecule has 1 fully saturated rings. The van der Waals surface area contributed by atoms with E-state index in [9.17, 15) is 26.8 Å². The number of nitrogens with one attached hydrogen (secondary N) is 1. The monoisotopic (exact) mass is 522 g/mol. The molecule has 2 heterocycles. The van der Waals surface area contributed by atoms with Gasteiger partial charge in [-0.2, -0.15) is 0 Å². The van der Waals surface area contributed by atoms with Gasteiger partial charge < -0.3 is 10.2 Å². The smallest absolute Gasteiger partial charge is 0.267 e. The molecule has 3 N–H and O–H groups in total. The van der Waals surface area contributed by atoms with Gasteiger partial charge in [0.1, 0.15) is 5.01 Å². The number of benzene rings is 2. The summed E-state index contributed by atoms with van der Waals surface area (Å²) in [6.45, 7) is 1.10. The van der Waals surface area contributed by atoms with Crippen LogP contribution in [0, 0.1) is 0 Å². The van der Waals surface area contributed by atoms with Gasteiger partial charge in [0.2, 0.25) is 15.9 Å². The van der Waals surface area contributed by atoms with Crippen LogP contribution in [0.2, 0.25) is 0 Å². The number of aromatic nitrogens is 1. The number of likely N-dealkylation sites (tertiary alicyclic amines) is 1. The van der Waals surface area contributed by atoms with E-state index in [-0.39, 0.29) is 31.2 Å². The number of hydrogen-bond donors (Lipinski definition) is 2. The van der Waals surface area contributed by atoms with Crippen LogP contribution in [0.5, 0.6) is 0 Å². The topological polar surface area (TPSA) is 122 Å². The van der Waals surface area contributed by atoms with E-state index in [2.05, 4.69) is 10.3 Å². The van der Waals surface area contributed by atoms with Crippen LogP contribution in [0.15, 0.2) is 42.5 Å². The van der Waals surface area contributed by atoms with Gasteiger partial charge in [0.25, 0.3) is 11.8 Å². The van der Waals surface area contributed by atoms with E-state index in [4.69, 9.17) is 5.14 Å². The molecule has 1 aliphatic heterocycles. The molecule has 0 saturated carbocycles. The first kappa shape index (κ1) is 25.1. The lowest BCUT2D eigenvalue weighted by molar-refractivity contribution is -0.122. The van der Waals surface area contributed by atoms with Crippen LogP contribution in [0.3, 0.4) is 0 Å². The van der Waals surface area contributed by atoms with Gasteiger partial charge in [-0.3, -0.25) is 9.59 Å². The zero-order valence-electron chi connectivity index (χ0n) is 18.8. The Bertz CT molecular complexity index is 1370. The van der Waals surface area contributed by atoms with E-state index in [1.54, 1.807) is 31.2 Å². The predicted octanol–water partition coefficient (Wildman–Crippen LogP) is 2.95. The number of hydrogen-bond acceptors (Lipinski definition) is 6. The number of fused-ring (bicyclic) bond motifs is 1. The van der Waals surface area contributed by atoms with Gasteiger partial charge >= 0.3 is 0 Å². The van der Waals surface area contributed by atoms with Gasteiger partial charge in [-0.15, -0.1) is 11.3 Å². The number of primary sulfonamides is 1. The fourth-order valence-electron chi connectivity index (χ4n) is 3.79. The summed E-state index contributed by atoms with van der Waals surface area (Å²) in [6.07, 6.45) is -0.316. The molecule has 8 nitrogen and oxygen atoms in total. The first-order chi connectivity index (χ1) is 16.4. The second-order valence-corrected chi connectivity index (χ2v) is 11.3. The zero-order valence-corrected chi connectivity index (χ0v) is 20.5. The number of carbonyl (C=O) groups is 2. The van der Waals surface area contributed by atoms with Gasteiger partial charge in [0.05, 0.1) is 28.4 Å². The quantitative estimate of drug-likeness (QED) is 0.494. The van der Waals surface area contributed by atoms with Crippen LogP contribution < -0.4 is 10.5 Å². The van der Waals surface area contributed by atoms with Gasteiger partial charge in [0.15, 0.2) is 0 Å². The highest BCUT2D eigenvalue weighted by atomic mass is 32.2. The second kappa shape index (κ2) is 9.59. The van der Waals surface area contributed by atoms with Crippen LogP contribution in [0.25, 0.3) is 21.3 Å². The highest BCUT2D eigenvalue weighted by Crippen LogP contribution is 2.32. The van der Waals surface area contributed by atoms with Crippen molar-refractivity contribution in [2.45, 2.75) is 25.2 Å². The first-order valence-corrected chi connectivity index (χ1v) is 13.4. The van der Waals surface area contributed by atoms with Crippen molar-refractivity contribution in [3.63, 3.8) is 0 Å². The minimum Gasteiger partial charge on any atom is -0.354 e. The Labute approximate surface area is 205 Å². The molecule has 3 aromatic rings. The Morgan fingerprint density at radius 3 is 2.51 bits per heavy atom. The van der Waals surface area contributed by atoms with Crippen molar-refractivity contribution in [1.82, 2.24) is 15.2 Å². The Hall–Kier alpha value is -2.96. The summed E-state index contributed by atoms with van der Waals surface area (Å²) >= 11 is 1.36. The Morgan fingerprint density at radius 1 is 1.20 bits per heavy atom. The third kappa shape index (κ3) is 6.00. The molecule has 4 rings (SSSR count). The molecule has 1 atom stereocenters. The zero-order chi connectivity index (χ0) is 25.4. The van der Waals surface area contributed by atoms with Gasteiger partial charge in [-0.1, -0.05) is 18.2 Å². The number of rotatable bonds is 7. The maximum Gasteiger partial charge on any atom is 0.267 e. The molecule has 2 amide bonds. The molecule has 2 aromatic carbocycles.